The first kappa shape index (κ1) is 18.9. The van der Waals surface area contributed by atoms with E-state index in [1.54, 1.807) is 33.8 Å². The van der Waals surface area contributed by atoms with Crippen molar-refractivity contribution in [2.75, 3.05) is 18.8 Å². The van der Waals surface area contributed by atoms with Crippen LogP contribution in [-0.2, 0) is 4.79 Å². The van der Waals surface area contributed by atoms with E-state index in [2.05, 4.69) is 10.4 Å². The highest BCUT2D eigenvalue weighted by Gasteiger charge is 2.29. The zero-order valence-electron chi connectivity index (χ0n) is 15.1. The molecular formula is C19H16FN5O3S. The zero-order chi connectivity index (χ0) is 20.4. The van der Waals surface area contributed by atoms with E-state index in [9.17, 15) is 18.8 Å². The summed E-state index contributed by atoms with van der Waals surface area (Å²) in [7, 11) is 0. The van der Waals surface area contributed by atoms with Gasteiger partial charge in [-0.3, -0.25) is 19.3 Å². The Kier molecular flexibility index (Phi) is 5.17. The van der Waals surface area contributed by atoms with Crippen molar-refractivity contribution in [1.29, 1.82) is 0 Å². The van der Waals surface area contributed by atoms with E-state index in [-0.39, 0.29) is 35.8 Å². The SMILES string of the molecule is O=C(NCCN1C(=O)CSC1=O)c1cnn(-c2ccc(F)cc2)c1-n1cccc1. The third-order valence-corrected chi connectivity index (χ3v) is 5.23. The molecule has 3 aromatic rings. The molecular weight excluding hydrogens is 397 g/mol. The Balaban J connectivity index is 1.57. The number of amides is 3. The molecule has 3 amide bonds. The number of rotatable bonds is 6. The average molecular weight is 413 g/mol. The minimum absolute atomic E-state index is 0.112. The number of halogens is 1. The molecule has 0 unspecified atom stereocenters. The number of hydrogen-bond donors (Lipinski definition) is 1. The predicted molar refractivity (Wildman–Crippen MR) is 105 cm³/mol. The predicted octanol–water partition coefficient (Wildman–Crippen LogP) is 2.23. The summed E-state index contributed by atoms with van der Waals surface area (Å²) in [5, 5.41) is 6.71. The Labute approximate surface area is 169 Å². The number of carbonyl (C=O) groups is 3. The molecule has 0 radical (unpaired) electrons. The maximum absolute atomic E-state index is 13.3. The molecule has 3 heterocycles. The van der Waals surface area contributed by atoms with Crippen LogP contribution in [0.2, 0.25) is 0 Å². The van der Waals surface area contributed by atoms with Crippen molar-refractivity contribution in [3.63, 3.8) is 0 Å². The highest BCUT2D eigenvalue weighted by molar-refractivity contribution is 8.14. The van der Waals surface area contributed by atoms with Crippen molar-refractivity contribution < 1.29 is 18.8 Å². The topological polar surface area (TPSA) is 89.2 Å². The number of benzene rings is 1. The van der Waals surface area contributed by atoms with Gasteiger partial charge >= 0.3 is 0 Å². The van der Waals surface area contributed by atoms with Crippen molar-refractivity contribution in [3.8, 4) is 11.5 Å². The fourth-order valence-corrected chi connectivity index (χ4v) is 3.72. The molecule has 1 aliphatic heterocycles. The van der Waals surface area contributed by atoms with Gasteiger partial charge in [-0.25, -0.2) is 9.07 Å². The molecule has 1 fully saturated rings. The lowest BCUT2D eigenvalue weighted by atomic mass is 10.2. The fraction of sp³-hybridized carbons (Fsp3) is 0.158. The summed E-state index contributed by atoms with van der Waals surface area (Å²) in [6.07, 6.45) is 4.97. The molecule has 10 heteroatoms. The standard InChI is InChI=1S/C19H16FN5O3S/c20-13-3-5-14(6-4-13)25-18(23-8-1-2-9-23)15(11-22-25)17(27)21-7-10-24-16(26)12-29-19(24)28/h1-6,8-9,11H,7,10,12H2,(H,21,27). The molecule has 1 aromatic carbocycles. The molecule has 0 bridgehead atoms. The smallest absolute Gasteiger partial charge is 0.288 e. The summed E-state index contributed by atoms with van der Waals surface area (Å²) >= 11 is 0.953. The van der Waals surface area contributed by atoms with E-state index < -0.39 is 5.91 Å². The fourth-order valence-electron chi connectivity index (χ4n) is 2.97. The quantitative estimate of drug-likeness (QED) is 0.669. The molecule has 29 heavy (non-hydrogen) atoms. The second-order valence-corrected chi connectivity index (χ2v) is 7.14. The molecule has 0 aliphatic carbocycles. The lowest BCUT2D eigenvalue weighted by molar-refractivity contribution is -0.124. The highest BCUT2D eigenvalue weighted by atomic mass is 32.2. The first-order valence-electron chi connectivity index (χ1n) is 8.77. The van der Waals surface area contributed by atoms with E-state index in [1.165, 1.54) is 18.3 Å². The van der Waals surface area contributed by atoms with Gasteiger partial charge in [0.1, 0.15) is 11.4 Å². The van der Waals surface area contributed by atoms with Gasteiger partial charge in [-0.05, 0) is 36.4 Å². The van der Waals surface area contributed by atoms with Gasteiger partial charge in [-0.15, -0.1) is 0 Å². The molecule has 148 valence electrons. The normalized spacial score (nSPS) is 13.9. The van der Waals surface area contributed by atoms with Crippen molar-refractivity contribution in [1.82, 2.24) is 24.6 Å². The third-order valence-electron chi connectivity index (χ3n) is 4.37. The van der Waals surface area contributed by atoms with E-state index >= 15 is 0 Å². The van der Waals surface area contributed by atoms with Gasteiger partial charge in [0.15, 0.2) is 5.82 Å². The molecule has 1 saturated heterocycles. The largest absolute Gasteiger partial charge is 0.350 e. The summed E-state index contributed by atoms with van der Waals surface area (Å²) in [6.45, 7) is 0.241. The van der Waals surface area contributed by atoms with Gasteiger partial charge in [0.25, 0.3) is 11.1 Å². The van der Waals surface area contributed by atoms with Crippen LogP contribution in [0, 0.1) is 5.82 Å². The summed E-state index contributed by atoms with van der Waals surface area (Å²) in [5.74, 6) is -0.400. The lowest BCUT2D eigenvalue weighted by Crippen LogP contribution is -2.37. The summed E-state index contributed by atoms with van der Waals surface area (Å²) < 4.78 is 16.6. The van der Waals surface area contributed by atoms with Crippen LogP contribution in [0.1, 0.15) is 10.4 Å². The summed E-state index contributed by atoms with van der Waals surface area (Å²) in [6, 6.07) is 9.40. The van der Waals surface area contributed by atoms with Crippen molar-refractivity contribution in [2.24, 2.45) is 0 Å². The van der Waals surface area contributed by atoms with Gasteiger partial charge in [0.2, 0.25) is 5.91 Å². The second-order valence-electron chi connectivity index (χ2n) is 6.22. The lowest BCUT2D eigenvalue weighted by Gasteiger charge is -2.14. The number of nitrogens with zero attached hydrogens (tertiary/aromatic N) is 4. The zero-order valence-corrected chi connectivity index (χ0v) is 15.9. The van der Waals surface area contributed by atoms with E-state index in [0.29, 0.717) is 17.1 Å². The first-order chi connectivity index (χ1) is 14.0. The second kappa shape index (κ2) is 7.92. The third kappa shape index (κ3) is 3.79. The number of hydrogen-bond acceptors (Lipinski definition) is 5. The van der Waals surface area contributed by atoms with Crippen molar-refractivity contribution in [2.45, 2.75) is 0 Å². The van der Waals surface area contributed by atoms with E-state index in [0.717, 1.165) is 16.7 Å². The summed E-state index contributed by atoms with van der Waals surface area (Å²) in [4.78, 5) is 37.2. The average Bonchev–Trinajstić information content (AvgIpc) is 3.44. The molecule has 4 rings (SSSR count). The summed E-state index contributed by atoms with van der Waals surface area (Å²) in [5.41, 5.74) is 0.901. The Morgan fingerprint density at radius 2 is 1.90 bits per heavy atom. The molecule has 0 atom stereocenters. The minimum atomic E-state index is -0.395. The molecule has 8 nitrogen and oxygen atoms in total. The Morgan fingerprint density at radius 1 is 1.17 bits per heavy atom. The molecule has 2 aromatic heterocycles. The maximum Gasteiger partial charge on any atom is 0.288 e. The van der Waals surface area contributed by atoms with Crippen LogP contribution in [0.25, 0.3) is 11.5 Å². The van der Waals surface area contributed by atoms with Crippen molar-refractivity contribution in [3.05, 3.63) is 66.4 Å². The number of aromatic nitrogens is 3. The first-order valence-corrected chi connectivity index (χ1v) is 9.76. The number of thioether (sulfide) groups is 1. The maximum atomic E-state index is 13.3. The van der Waals surface area contributed by atoms with Gasteiger partial charge in [0, 0.05) is 25.5 Å². The van der Waals surface area contributed by atoms with Crippen LogP contribution in [0.4, 0.5) is 9.18 Å². The molecule has 1 N–H and O–H groups in total. The van der Waals surface area contributed by atoms with Gasteiger partial charge in [-0.1, -0.05) is 11.8 Å². The van der Waals surface area contributed by atoms with Gasteiger partial charge in [0.05, 0.1) is 17.6 Å². The Morgan fingerprint density at radius 3 is 2.55 bits per heavy atom. The Hall–Kier alpha value is -3.40. The highest BCUT2D eigenvalue weighted by Crippen LogP contribution is 2.21. The number of carbonyl (C=O) groups excluding carboxylic acids is 3. The van der Waals surface area contributed by atoms with Crippen LogP contribution in [0.3, 0.4) is 0 Å². The van der Waals surface area contributed by atoms with Crippen LogP contribution in [0.5, 0.6) is 0 Å². The number of nitrogens with one attached hydrogen (secondary N) is 1. The number of imide groups is 1. The molecule has 0 spiro atoms. The van der Waals surface area contributed by atoms with Crippen LogP contribution < -0.4 is 5.32 Å². The van der Waals surface area contributed by atoms with Crippen LogP contribution in [-0.4, -0.2) is 55.1 Å². The van der Waals surface area contributed by atoms with Gasteiger partial charge < -0.3 is 9.88 Å². The molecule has 1 aliphatic rings. The van der Waals surface area contributed by atoms with Gasteiger partial charge in [-0.2, -0.15) is 5.10 Å². The van der Waals surface area contributed by atoms with Crippen molar-refractivity contribution >= 4 is 28.8 Å². The van der Waals surface area contributed by atoms with E-state index in [4.69, 9.17) is 0 Å². The van der Waals surface area contributed by atoms with Crippen LogP contribution in [0.15, 0.2) is 55.0 Å². The van der Waals surface area contributed by atoms with E-state index in [1.807, 2.05) is 12.1 Å². The monoisotopic (exact) mass is 413 g/mol. The van der Waals surface area contributed by atoms with Crippen LogP contribution >= 0.6 is 11.8 Å². The minimum Gasteiger partial charge on any atom is -0.350 e. The molecule has 0 saturated carbocycles. The Bertz CT molecular complexity index is 1050.